The fourth-order valence-electron chi connectivity index (χ4n) is 0.604. The number of hydrogen-bond acceptors (Lipinski definition) is 4. The van der Waals surface area contributed by atoms with Crippen molar-refractivity contribution in [1.82, 2.24) is 9.97 Å². The van der Waals surface area contributed by atoms with E-state index in [1.165, 1.54) is 18.7 Å². The van der Waals surface area contributed by atoms with Crippen LogP contribution < -0.4 is 0 Å². The van der Waals surface area contributed by atoms with Crippen LogP contribution in [0.3, 0.4) is 0 Å². The summed E-state index contributed by atoms with van der Waals surface area (Å²) >= 11 is 0. The quantitative estimate of drug-likeness (QED) is 0.642. The van der Waals surface area contributed by atoms with Crippen LogP contribution in [0.15, 0.2) is 18.7 Å². The van der Waals surface area contributed by atoms with Crippen molar-refractivity contribution in [1.29, 1.82) is 0 Å². The average Bonchev–Trinajstić information content (AvgIpc) is 1.85. The fraction of sp³-hybridized carbons (Fsp3) is 0.200. The molecule has 0 bridgehead atoms. The monoisotopic (exact) mass is 192 g/mol. The van der Waals surface area contributed by atoms with Crippen molar-refractivity contribution in [3.05, 3.63) is 24.3 Å². The molecule has 60 valence electrons. The summed E-state index contributed by atoms with van der Waals surface area (Å²) in [7, 11) is 1.50. The first-order valence-corrected chi connectivity index (χ1v) is 5.22. The van der Waals surface area contributed by atoms with E-state index in [4.69, 9.17) is 10.7 Å². The van der Waals surface area contributed by atoms with Crippen LogP contribution in [-0.4, -0.2) is 18.4 Å². The Morgan fingerprint density at radius 2 is 1.91 bits per heavy atom. The number of halogens is 1. The zero-order chi connectivity index (χ0) is 8.32. The van der Waals surface area contributed by atoms with Crippen LogP contribution >= 0.6 is 10.7 Å². The van der Waals surface area contributed by atoms with Crippen molar-refractivity contribution in [3.8, 4) is 0 Å². The molecule has 1 aromatic heterocycles. The van der Waals surface area contributed by atoms with Crippen LogP contribution in [0.1, 0.15) is 5.56 Å². The molecule has 0 amide bonds. The SMILES string of the molecule is O=S(=O)(Cl)Cc1cncnc1. The van der Waals surface area contributed by atoms with E-state index >= 15 is 0 Å². The summed E-state index contributed by atoms with van der Waals surface area (Å²) in [6, 6.07) is 0. The van der Waals surface area contributed by atoms with Gasteiger partial charge in [0.15, 0.2) is 0 Å². The second-order valence-electron chi connectivity index (χ2n) is 1.93. The highest BCUT2D eigenvalue weighted by atomic mass is 35.7. The van der Waals surface area contributed by atoms with Crippen molar-refractivity contribution >= 4 is 19.7 Å². The van der Waals surface area contributed by atoms with E-state index in [2.05, 4.69) is 9.97 Å². The average molecular weight is 193 g/mol. The second kappa shape index (κ2) is 3.15. The first kappa shape index (κ1) is 8.42. The smallest absolute Gasteiger partial charge is 0.236 e. The maximum absolute atomic E-state index is 10.5. The summed E-state index contributed by atoms with van der Waals surface area (Å²) in [6.45, 7) is 0. The summed E-state index contributed by atoms with van der Waals surface area (Å²) in [4.78, 5) is 7.27. The Morgan fingerprint density at radius 1 is 1.36 bits per heavy atom. The van der Waals surface area contributed by atoms with Crippen LogP contribution in [0, 0.1) is 0 Å². The molecule has 0 aliphatic heterocycles. The van der Waals surface area contributed by atoms with Gasteiger partial charge in [0.05, 0.1) is 5.75 Å². The summed E-state index contributed by atoms with van der Waals surface area (Å²) in [5.41, 5.74) is 0.488. The van der Waals surface area contributed by atoms with Crippen molar-refractivity contribution in [2.75, 3.05) is 0 Å². The molecule has 0 aliphatic carbocycles. The molecule has 0 radical (unpaired) electrons. The zero-order valence-corrected chi connectivity index (χ0v) is 7.01. The molecule has 0 unspecified atom stereocenters. The Balaban J connectivity index is 2.82. The minimum atomic E-state index is -3.48. The molecule has 0 saturated carbocycles. The maximum Gasteiger partial charge on any atom is 0.236 e. The number of aromatic nitrogens is 2. The predicted octanol–water partition coefficient (Wildman–Crippen LogP) is 0.545. The molecule has 0 aromatic carbocycles. The molecule has 1 aromatic rings. The summed E-state index contributed by atoms with van der Waals surface area (Å²) in [5.74, 6) is -0.227. The van der Waals surface area contributed by atoms with Gasteiger partial charge in [-0.15, -0.1) is 0 Å². The molecule has 0 fully saturated rings. The standard InChI is InChI=1S/C5H5ClN2O2S/c6-11(9,10)3-5-1-7-4-8-2-5/h1-2,4H,3H2. The van der Waals surface area contributed by atoms with Gasteiger partial charge >= 0.3 is 0 Å². The molecular formula is C5H5ClN2O2S. The largest absolute Gasteiger partial charge is 0.245 e. The highest BCUT2D eigenvalue weighted by Crippen LogP contribution is 2.05. The Morgan fingerprint density at radius 3 is 2.36 bits per heavy atom. The van der Waals surface area contributed by atoms with Gasteiger partial charge in [0, 0.05) is 28.6 Å². The van der Waals surface area contributed by atoms with E-state index in [1.807, 2.05) is 0 Å². The van der Waals surface area contributed by atoms with Crippen molar-refractivity contribution in [3.63, 3.8) is 0 Å². The first-order chi connectivity index (χ1) is 5.08. The van der Waals surface area contributed by atoms with Crippen LogP contribution in [-0.2, 0) is 14.8 Å². The van der Waals surface area contributed by atoms with Crippen molar-refractivity contribution in [2.24, 2.45) is 0 Å². The Hall–Kier alpha value is -0.680. The molecule has 0 atom stereocenters. The van der Waals surface area contributed by atoms with Crippen LogP contribution in [0.2, 0.25) is 0 Å². The molecule has 1 heterocycles. The summed E-state index contributed by atoms with van der Waals surface area (Å²) < 4.78 is 21.0. The van der Waals surface area contributed by atoms with Gasteiger partial charge < -0.3 is 0 Å². The Labute approximate surface area is 68.7 Å². The highest BCUT2D eigenvalue weighted by molar-refractivity contribution is 8.13. The van der Waals surface area contributed by atoms with E-state index in [9.17, 15) is 8.42 Å². The van der Waals surface area contributed by atoms with E-state index in [-0.39, 0.29) is 5.75 Å². The molecule has 0 N–H and O–H groups in total. The van der Waals surface area contributed by atoms with Gasteiger partial charge in [-0.25, -0.2) is 18.4 Å². The van der Waals surface area contributed by atoms with Gasteiger partial charge in [-0.2, -0.15) is 0 Å². The molecule has 0 saturated heterocycles. The van der Waals surface area contributed by atoms with Crippen LogP contribution in [0.4, 0.5) is 0 Å². The minimum absolute atomic E-state index is 0.227. The first-order valence-electron chi connectivity index (χ1n) is 2.74. The lowest BCUT2D eigenvalue weighted by molar-refractivity contribution is 0.608. The molecular weight excluding hydrogens is 188 g/mol. The highest BCUT2D eigenvalue weighted by Gasteiger charge is 2.06. The number of nitrogens with zero attached hydrogens (tertiary/aromatic N) is 2. The second-order valence-corrected chi connectivity index (χ2v) is 4.71. The van der Waals surface area contributed by atoms with Gasteiger partial charge in [-0.3, -0.25) is 0 Å². The number of hydrogen-bond donors (Lipinski definition) is 0. The molecule has 4 nitrogen and oxygen atoms in total. The molecule has 11 heavy (non-hydrogen) atoms. The van der Waals surface area contributed by atoms with Crippen LogP contribution in [0.5, 0.6) is 0 Å². The Bertz CT molecular complexity index is 324. The summed E-state index contributed by atoms with van der Waals surface area (Å²) in [6.07, 6.45) is 4.14. The molecule has 1 rings (SSSR count). The van der Waals surface area contributed by atoms with Gasteiger partial charge in [0.2, 0.25) is 9.05 Å². The fourth-order valence-corrected chi connectivity index (χ4v) is 1.53. The molecule has 0 spiro atoms. The zero-order valence-electron chi connectivity index (χ0n) is 5.44. The lowest BCUT2D eigenvalue weighted by Gasteiger charge is -1.93. The van der Waals surface area contributed by atoms with Gasteiger partial charge in [0.1, 0.15) is 6.33 Å². The van der Waals surface area contributed by atoms with Gasteiger partial charge in [-0.05, 0) is 0 Å². The molecule has 0 aliphatic rings. The summed E-state index contributed by atoms with van der Waals surface area (Å²) in [5, 5.41) is 0. The third kappa shape index (κ3) is 3.29. The van der Waals surface area contributed by atoms with Gasteiger partial charge in [0.25, 0.3) is 0 Å². The topological polar surface area (TPSA) is 59.9 Å². The Kier molecular flexibility index (Phi) is 2.41. The minimum Gasteiger partial charge on any atom is -0.245 e. The third-order valence-electron chi connectivity index (χ3n) is 0.953. The third-order valence-corrected chi connectivity index (χ3v) is 1.96. The maximum atomic E-state index is 10.5. The lowest BCUT2D eigenvalue weighted by Crippen LogP contribution is -1.95. The molecule has 6 heteroatoms. The van der Waals surface area contributed by atoms with E-state index in [0.717, 1.165) is 0 Å². The van der Waals surface area contributed by atoms with Crippen molar-refractivity contribution in [2.45, 2.75) is 5.75 Å². The van der Waals surface area contributed by atoms with E-state index < -0.39 is 9.05 Å². The predicted molar refractivity (Wildman–Crippen MR) is 40.5 cm³/mol. The van der Waals surface area contributed by atoms with E-state index in [1.54, 1.807) is 0 Å². The van der Waals surface area contributed by atoms with E-state index in [0.29, 0.717) is 5.56 Å². The van der Waals surface area contributed by atoms with Crippen molar-refractivity contribution < 1.29 is 8.42 Å². The lowest BCUT2D eigenvalue weighted by atomic mass is 10.4. The normalized spacial score (nSPS) is 11.4. The van der Waals surface area contributed by atoms with Crippen LogP contribution in [0.25, 0.3) is 0 Å². The van der Waals surface area contributed by atoms with Gasteiger partial charge in [-0.1, -0.05) is 0 Å². The number of rotatable bonds is 2.